The molecule has 2 aromatic heterocycles. The molecule has 126 valence electrons. The van der Waals surface area contributed by atoms with Gasteiger partial charge in [0.05, 0.1) is 5.92 Å². The lowest BCUT2D eigenvalue weighted by atomic mass is 9.80. The summed E-state index contributed by atoms with van der Waals surface area (Å²) in [6.07, 6.45) is 2.38. The van der Waals surface area contributed by atoms with Crippen LogP contribution in [0.4, 0.5) is 0 Å². The Morgan fingerprint density at radius 1 is 1.42 bits per heavy atom. The van der Waals surface area contributed by atoms with E-state index in [2.05, 4.69) is 16.0 Å². The normalized spacial score (nSPS) is 24.2. The van der Waals surface area contributed by atoms with E-state index in [1.165, 1.54) is 4.90 Å². The molecule has 0 radical (unpaired) electrons. The van der Waals surface area contributed by atoms with Crippen LogP contribution in [0.25, 0.3) is 11.1 Å². The second-order valence-corrected chi connectivity index (χ2v) is 7.34. The monoisotopic (exact) mass is 362 g/mol. The molecule has 3 rings (SSSR count). The second kappa shape index (κ2) is 6.18. The SMILES string of the molecule is CCC1C(=O)N(C)C(N)=N[C@]1(C)c1cc(-c2ccnc(Cl)c2)cs1. The second-order valence-electron chi connectivity index (χ2n) is 6.04. The number of guanidine groups is 1. The Bertz CT molecular complexity index is 818. The van der Waals surface area contributed by atoms with Crippen LogP contribution in [-0.4, -0.2) is 28.8 Å². The molecule has 0 saturated carbocycles. The number of carbonyl (C=O) groups is 1. The Hall–Kier alpha value is -1.92. The molecule has 1 unspecified atom stereocenters. The third kappa shape index (κ3) is 2.70. The summed E-state index contributed by atoms with van der Waals surface area (Å²) in [6.45, 7) is 3.98. The average Bonchev–Trinajstić information content (AvgIpc) is 3.04. The van der Waals surface area contributed by atoms with Gasteiger partial charge in [-0.1, -0.05) is 18.5 Å². The van der Waals surface area contributed by atoms with E-state index in [-0.39, 0.29) is 17.8 Å². The van der Waals surface area contributed by atoms with Crippen LogP contribution in [-0.2, 0) is 10.3 Å². The number of aromatic nitrogens is 1. The molecule has 1 aliphatic heterocycles. The molecule has 1 aliphatic rings. The van der Waals surface area contributed by atoms with Crippen molar-refractivity contribution in [2.45, 2.75) is 25.8 Å². The lowest BCUT2D eigenvalue weighted by molar-refractivity contribution is -0.134. The van der Waals surface area contributed by atoms with Gasteiger partial charge in [-0.3, -0.25) is 9.69 Å². The number of nitrogens with two attached hydrogens (primary N) is 1. The molecule has 1 amide bonds. The predicted octanol–water partition coefficient (Wildman–Crippen LogP) is 3.49. The van der Waals surface area contributed by atoms with Gasteiger partial charge in [0.25, 0.3) is 0 Å². The molecule has 0 bridgehead atoms. The van der Waals surface area contributed by atoms with Gasteiger partial charge in [-0.15, -0.1) is 11.3 Å². The fourth-order valence-electron chi connectivity index (χ4n) is 3.11. The predicted molar refractivity (Wildman–Crippen MR) is 98.1 cm³/mol. The van der Waals surface area contributed by atoms with Crippen molar-refractivity contribution in [1.29, 1.82) is 0 Å². The summed E-state index contributed by atoms with van der Waals surface area (Å²) in [4.78, 5) is 23.7. The summed E-state index contributed by atoms with van der Waals surface area (Å²) in [5, 5.41) is 2.50. The summed E-state index contributed by atoms with van der Waals surface area (Å²) in [5.41, 5.74) is 7.35. The smallest absolute Gasteiger partial charge is 0.234 e. The Morgan fingerprint density at radius 3 is 2.83 bits per heavy atom. The molecule has 2 atom stereocenters. The average molecular weight is 363 g/mol. The summed E-state index contributed by atoms with van der Waals surface area (Å²) in [5.74, 6) is 0.0332. The van der Waals surface area contributed by atoms with Crippen molar-refractivity contribution in [3.63, 3.8) is 0 Å². The number of carbonyl (C=O) groups excluding carboxylic acids is 1. The summed E-state index contributed by atoms with van der Waals surface area (Å²) in [7, 11) is 1.67. The van der Waals surface area contributed by atoms with Crippen LogP contribution in [0.15, 0.2) is 34.8 Å². The van der Waals surface area contributed by atoms with Gasteiger partial charge in [0.2, 0.25) is 5.91 Å². The van der Waals surface area contributed by atoms with Crippen molar-refractivity contribution >= 4 is 34.8 Å². The maximum absolute atomic E-state index is 12.6. The number of pyridine rings is 1. The molecule has 7 heteroatoms. The molecular formula is C17H19ClN4OS. The first-order chi connectivity index (χ1) is 11.4. The highest BCUT2D eigenvalue weighted by Gasteiger charge is 2.45. The van der Waals surface area contributed by atoms with E-state index in [0.717, 1.165) is 16.0 Å². The lowest BCUT2D eigenvalue weighted by Gasteiger charge is -2.39. The lowest BCUT2D eigenvalue weighted by Crippen LogP contribution is -2.53. The number of thiophene rings is 1. The first kappa shape index (κ1) is 16.9. The molecule has 24 heavy (non-hydrogen) atoms. The van der Waals surface area contributed by atoms with Crippen LogP contribution in [0.2, 0.25) is 5.15 Å². The van der Waals surface area contributed by atoms with Gasteiger partial charge in [0.1, 0.15) is 10.7 Å². The molecule has 0 aliphatic carbocycles. The maximum Gasteiger partial charge on any atom is 0.234 e. The Labute approximate surface area is 150 Å². The first-order valence-corrected chi connectivity index (χ1v) is 8.96. The van der Waals surface area contributed by atoms with Gasteiger partial charge in [-0.25, -0.2) is 9.98 Å². The van der Waals surface area contributed by atoms with Crippen LogP contribution < -0.4 is 5.73 Å². The molecule has 5 nitrogen and oxygen atoms in total. The molecule has 0 fully saturated rings. The van der Waals surface area contributed by atoms with Gasteiger partial charge in [0, 0.05) is 18.1 Å². The standard InChI is InChI=1S/C17H19ClN4OS/c1-4-12-15(23)22(3)16(19)21-17(12,2)13-7-11(9-24-13)10-5-6-20-14(18)8-10/h5-9,12H,4H2,1-3H3,(H2,19,21)/t12?,17-/m0/s1. The van der Waals surface area contributed by atoms with E-state index in [4.69, 9.17) is 17.3 Å². The number of amides is 1. The van der Waals surface area contributed by atoms with Gasteiger partial charge >= 0.3 is 0 Å². The van der Waals surface area contributed by atoms with Crippen LogP contribution in [0.1, 0.15) is 25.1 Å². The minimum absolute atomic E-state index is 0.00871. The molecule has 0 aromatic carbocycles. The molecule has 3 heterocycles. The zero-order valence-electron chi connectivity index (χ0n) is 13.8. The summed E-state index contributed by atoms with van der Waals surface area (Å²) < 4.78 is 0. The van der Waals surface area contributed by atoms with E-state index in [0.29, 0.717) is 11.6 Å². The largest absolute Gasteiger partial charge is 0.369 e. The number of halogens is 1. The van der Waals surface area contributed by atoms with Gasteiger partial charge in [0.15, 0.2) is 5.96 Å². The van der Waals surface area contributed by atoms with Crippen LogP contribution >= 0.6 is 22.9 Å². The van der Waals surface area contributed by atoms with Crippen LogP contribution in [0, 0.1) is 5.92 Å². The van der Waals surface area contributed by atoms with Crippen molar-refractivity contribution in [3.8, 4) is 11.1 Å². The zero-order valence-corrected chi connectivity index (χ0v) is 15.4. The van der Waals surface area contributed by atoms with Gasteiger partial charge in [-0.05, 0) is 48.1 Å². The van der Waals surface area contributed by atoms with Crippen molar-refractivity contribution < 1.29 is 4.79 Å². The topological polar surface area (TPSA) is 71.6 Å². The maximum atomic E-state index is 12.6. The van der Waals surface area contributed by atoms with Crippen molar-refractivity contribution in [2.75, 3.05) is 7.05 Å². The van der Waals surface area contributed by atoms with E-state index in [1.807, 2.05) is 31.4 Å². The number of nitrogens with zero attached hydrogens (tertiary/aromatic N) is 3. The molecule has 2 N–H and O–H groups in total. The third-order valence-corrected chi connectivity index (χ3v) is 5.93. The highest BCUT2D eigenvalue weighted by atomic mass is 35.5. The Balaban J connectivity index is 2.06. The summed E-state index contributed by atoms with van der Waals surface area (Å²) in [6, 6.07) is 5.80. The van der Waals surface area contributed by atoms with E-state index < -0.39 is 5.54 Å². The molecular weight excluding hydrogens is 344 g/mol. The number of hydrogen-bond donors (Lipinski definition) is 1. The minimum atomic E-state index is -0.651. The Kier molecular flexibility index (Phi) is 4.36. The van der Waals surface area contributed by atoms with Crippen LogP contribution in [0.3, 0.4) is 0 Å². The van der Waals surface area contributed by atoms with E-state index >= 15 is 0 Å². The third-order valence-electron chi connectivity index (χ3n) is 4.56. The van der Waals surface area contributed by atoms with E-state index in [9.17, 15) is 4.79 Å². The van der Waals surface area contributed by atoms with Crippen molar-refractivity contribution in [3.05, 3.63) is 39.8 Å². The number of rotatable bonds is 3. The molecule has 0 saturated heterocycles. The highest BCUT2D eigenvalue weighted by molar-refractivity contribution is 7.10. The minimum Gasteiger partial charge on any atom is -0.369 e. The van der Waals surface area contributed by atoms with Gasteiger partial charge < -0.3 is 5.73 Å². The number of aliphatic imine (C=N–C) groups is 1. The molecule has 0 spiro atoms. The highest BCUT2D eigenvalue weighted by Crippen LogP contribution is 2.43. The van der Waals surface area contributed by atoms with Gasteiger partial charge in [-0.2, -0.15) is 0 Å². The fraction of sp³-hybridized carbons (Fsp3) is 0.353. The quantitative estimate of drug-likeness (QED) is 0.849. The van der Waals surface area contributed by atoms with Crippen molar-refractivity contribution in [1.82, 2.24) is 9.88 Å². The fourth-order valence-corrected chi connectivity index (χ4v) is 4.37. The number of hydrogen-bond acceptors (Lipinski definition) is 5. The Morgan fingerprint density at radius 2 is 2.17 bits per heavy atom. The zero-order chi connectivity index (χ0) is 17.5. The molecule has 2 aromatic rings. The van der Waals surface area contributed by atoms with Crippen LogP contribution in [0.5, 0.6) is 0 Å². The van der Waals surface area contributed by atoms with Crippen molar-refractivity contribution in [2.24, 2.45) is 16.6 Å². The van der Waals surface area contributed by atoms with E-state index in [1.54, 1.807) is 24.6 Å². The summed E-state index contributed by atoms with van der Waals surface area (Å²) >= 11 is 7.56. The first-order valence-electron chi connectivity index (χ1n) is 7.70.